The van der Waals surface area contributed by atoms with Crippen LogP contribution < -0.4 is 5.43 Å². The molecule has 1 aliphatic rings. The van der Waals surface area contributed by atoms with Crippen LogP contribution in [0.4, 0.5) is 4.39 Å². The molecule has 2 amide bonds. The molecule has 28 heavy (non-hydrogen) atoms. The van der Waals surface area contributed by atoms with E-state index in [0.717, 1.165) is 17.1 Å². The molecule has 2 aromatic carbocycles. The highest BCUT2D eigenvalue weighted by molar-refractivity contribution is 5.98. The van der Waals surface area contributed by atoms with Crippen LogP contribution >= 0.6 is 0 Å². The number of amides is 2. The van der Waals surface area contributed by atoms with Gasteiger partial charge in [0.15, 0.2) is 12.4 Å². The minimum atomic E-state index is -0.787. The first-order valence-electron chi connectivity index (χ1n) is 8.56. The molecule has 8 heteroatoms. The van der Waals surface area contributed by atoms with Gasteiger partial charge in [-0.25, -0.2) is 4.39 Å². The zero-order valence-electron chi connectivity index (χ0n) is 14.8. The fraction of sp³-hybridized carbons (Fsp3) is 0.200. The summed E-state index contributed by atoms with van der Waals surface area (Å²) in [6, 6.07) is 13.2. The van der Waals surface area contributed by atoms with Gasteiger partial charge < -0.3 is 4.74 Å². The van der Waals surface area contributed by atoms with Crippen molar-refractivity contribution in [2.75, 3.05) is 13.2 Å². The Kier molecular flexibility index (Phi) is 5.78. The summed E-state index contributed by atoms with van der Waals surface area (Å²) in [4.78, 5) is 48.3. The normalized spacial score (nSPS) is 16.0. The Bertz CT molecular complexity index is 899. The maximum atomic E-state index is 12.9. The molecule has 7 nitrogen and oxygen atoms in total. The van der Waals surface area contributed by atoms with Crippen molar-refractivity contribution in [2.45, 2.75) is 6.42 Å². The van der Waals surface area contributed by atoms with Gasteiger partial charge >= 0.3 is 5.97 Å². The number of benzene rings is 2. The lowest BCUT2D eigenvalue weighted by atomic mass is 10.1. The standard InChI is InChI=1S/C20H17FN2O5/c21-16-8-6-13(7-9-16)17(24)12-28-20(27)15-10-18(25)23(11-15)22-19(26)14-4-2-1-3-5-14/h1-9,15H,10-12H2,(H,22,26)/t15-/m0/s1. The van der Waals surface area contributed by atoms with E-state index >= 15 is 0 Å². The number of ketones is 1. The molecular weight excluding hydrogens is 367 g/mol. The van der Waals surface area contributed by atoms with Crippen LogP contribution in [0.15, 0.2) is 54.6 Å². The van der Waals surface area contributed by atoms with Gasteiger partial charge in [-0.05, 0) is 36.4 Å². The molecule has 144 valence electrons. The maximum Gasteiger partial charge on any atom is 0.311 e. The second-order valence-electron chi connectivity index (χ2n) is 6.25. The van der Waals surface area contributed by atoms with Gasteiger partial charge in [0, 0.05) is 17.5 Å². The van der Waals surface area contributed by atoms with Crippen molar-refractivity contribution in [3.05, 3.63) is 71.5 Å². The SMILES string of the molecule is O=C(COC(=O)[C@H]1CC(=O)N(NC(=O)c2ccccc2)C1)c1ccc(F)cc1. The van der Waals surface area contributed by atoms with E-state index in [2.05, 4.69) is 5.43 Å². The van der Waals surface area contributed by atoms with Crippen LogP contribution in [0.3, 0.4) is 0 Å². The Balaban J connectivity index is 1.51. The van der Waals surface area contributed by atoms with E-state index in [1.807, 2.05) is 0 Å². The zero-order chi connectivity index (χ0) is 20.1. The van der Waals surface area contributed by atoms with Crippen molar-refractivity contribution in [2.24, 2.45) is 5.92 Å². The number of ether oxygens (including phenoxy) is 1. The number of hydrogen-bond donors (Lipinski definition) is 1. The fourth-order valence-electron chi connectivity index (χ4n) is 2.72. The van der Waals surface area contributed by atoms with Gasteiger partial charge in [0.2, 0.25) is 5.91 Å². The molecule has 1 atom stereocenters. The Labute approximate surface area is 160 Å². The highest BCUT2D eigenvalue weighted by Gasteiger charge is 2.36. The molecule has 1 aliphatic heterocycles. The third kappa shape index (κ3) is 4.59. The number of nitrogens with zero attached hydrogens (tertiary/aromatic N) is 1. The fourth-order valence-corrected chi connectivity index (χ4v) is 2.72. The number of esters is 1. The molecule has 0 saturated carbocycles. The van der Waals surface area contributed by atoms with Crippen molar-refractivity contribution in [1.82, 2.24) is 10.4 Å². The molecule has 0 radical (unpaired) electrons. The topological polar surface area (TPSA) is 92.8 Å². The summed E-state index contributed by atoms with van der Waals surface area (Å²) in [5.41, 5.74) is 3.06. The van der Waals surface area contributed by atoms with Gasteiger partial charge in [-0.15, -0.1) is 0 Å². The third-order valence-corrected chi connectivity index (χ3v) is 4.24. The Morgan fingerprint density at radius 2 is 1.71 bits per heavy atom. The van der Waals surface area contributed by atoms with Crippen LogP contribution in [0, 0.1) is 11.7 Å². The molecule has 1 N–H and O–H groups in total. The molecule has 1 fully saturated rings. The quantitative estimate of drug-likeness (QED) is 0.605. The van der Waals surface area contributed by atoms with Crippen LogP contribution in [0.1, 0.15) is 27.1 Å². The van der Waals surface area contributed by atoms with E-state index in [1.165, 1.54) is 12.1 Å². The first kappa shape index (κ1) is 19.2. The summed E-state index contributed by atoms with van der Waals surface area (Å²) >= 11 is 0. The van der Waals surface area contributed by atoms with Gasteiger partial charge in [0.25, 0.3) is 5.91 Å². The van der Waals surface area contributed by atoms with Crippen molar-refractivity contribution in [1.29, 1.82) is 0 Å². The smallest absolute Gasteiger partial charge is 0.311 e. The molecule has 0 unspecified atom stereocenters. The Morgan fingerprint density at radius 1 is 1.04 bits per heavy atom. The number of hydrogen-bond acceptors (Lipinski definition) is 5. The average Bonchev–Trinajstić information content (AvgIpc) is 3.07. The van der Waals surface area contributed by atoms with Gasteiger partial charge in [0.05, 0.1) is 12.5 Å². The molecule has 0 aliphatic carbocycles. The van der Waals surface area contributed by atoms with Crippen molar-refractivity contribution in [3.8, 4) is 0 Å². The third-order valence-electron chi connectivity index (χ3n) is 4.24. The monoisotopic (exact) mass is 384 g/mol. The maximum absolute atomic E-state index is 12.9. The number of rotatable bonds is 6. The second kappa shape index (κ2) is 8.43. The Morgan fingerprint density at radius 3 is 2.39 bits per heavy atom. The molecule has 0 bridgehead atoms. The highest BCUT2D eigenvalue weighted by atomic mass is 19.1. The van der Waals surface area contributed by atoms with Crippen molar-refractivity contribution in [3.63, 3.8) is 0 Å². The predicted octanol–water partition coefficient (Wildman–Crippen LogP) is 1.75. The van der Waals surface area contributed by atoms with E-state index in [9.17, 15) is 23.6 Å². The van der Waals surface area contributed by atoms with Crippen LogP contribution in [-0.2, 0) is 14.3 Å². The molecule has 2 aromatic rings. The second-order valence-corrected chi connectivity index (χ2v) is 6.25. The van der Waals surface area contributed by atoms with Gasteiger partial charge in [0.1, 0.15) is 5.82 Å². The summed E-state index contributed by atoms with van der Waals surface area (Å²) in [5.74, 6) is -3.34. The molecule has 1 saturated heterocycles. The lowest BCUT2D eigenvalue weighted by molar-refractivity contribution is -0.147. The van der Waals surface area contributed by atoms with Crippen molar-refractivity contribution < 1.29 is 28.3 Å². The van der Waals surface area contributed by atoms with E-state index in [4.69, 9.17) is 4.74 Å². The number of carbonyl (C=O) groups is 4. The van der Waals surface area contributed by atoms with Gasteiger partial charge in [-0.1, -0.05) is 18.2 Å². The van der Waals surface area contributed by atoms with Crippen LogP contribution in [0.2, 0.25) is 0 Å². The predicted molar refractivity (Wildman–Crippen MR) is 95.4 cm³/mol. The average molecular weight is 384 g/mol. The molecule has 0 aromatic heterocycles. The summed E-state index contributed by atoms with van der Waals surface area (Å²) in [6.07, 6.45) is -0.126. The summed E-state index contributed by atoms with van der Waals surface area (Å²) in [6.45, 7) is -0.549. The highest BCUT2D eigenvalue weighted by Crippen LogP contribution is 2.18. The lowest BCUT2D eigenvalue weighted by Gasteiger charge is -2.17. The van der Waals surface area contributed by atoms with Crippen LogP contribution in [0.25, 0.3) is 0 Å². The summed E-state index contributed by atoms with van der Waals surface area (Å²) < 4.78 is 17.9. The van der Waals surface area contributed by atoms with E-state index < -0.39 is 41.9 Å². The van der Waals surface area contributed by atoms with E-state index in [0.29, 0.717) is 5.56 Å². The number of halogens is 1. The number of carbonyl (C=O) groups excluding carboxylic acids is 4. The molecule has 3 rings (SSSR count). The van der Waals surface area contributed by atoms with E-state index in [-0.39, 0.29) is 18.5 Å². The number of Topliss-reactive ketones (excluding diaryl/α,β-unsaturated/α-hetero) is 1. The minimum Gasteiger partial charge on any atom is -0.457 e. The summed E-state index contributed by atoms with van der Waals surface area (Å²) in [7, 11) is 0. The van der Waals surface area contributed by atoms with Crippen LogP contribution in [0.5, 0.6) is 0 Å². The minimum absolute atomic E-state index is 0.0407. The Hall–Kier alpha value is -3.55. The molecular formula is C20H17FN2O5. The summed E-state index contributed by atoms with van der Waals surface area (Å²) in [5, 5.41) is 1.07. The molecule has 1 heterocycles. The van der Waals surface area contributed by atoms with Crippen LogP contribution in [-0.4, -0.2) is 41.7 Å². The van der Waals surface area contributed by atoms with Crippen molar-refractivity contribution >= 4 is 23.6 Å². The first-order chi connectivity index (χ1) is 13.4. The van der Waals surface area contributed by atoms with Gasteiger partial charge in [-0.2, -0.15) is 0 Å². The van der Waals surface area contributed by atoms with E-state index in [1.54, 1.807) is 30.3 Å². The molecule has 0 spiro atoms. The largest absolute Gasteiger partial charge is 0.457 e. The van der Waals surface area contributed by atoms with Gasteiger partial charge in [-0.3, -0.25) is 29.6 Å². The number of hydrazine groups is 1. The zero-order valence-corrected chi connectivity index (χ0v) is 14.8. The number of nitrogens with one attached hydrogen (secondary N) is 1. The lowest BCUT2D eigenvalue weighted by Crippen LogP contribution is -2.43. The first-order valence-corrected chi connectivity index (χ1v) is 8.56.